The number of thioether (sulfide) groups is 4. The Morgan fingerprint density at radius 2 is 1.00 bits per heavy atom. The maximum Gasteiger partial charge on any atom is 0.446 e. The quantitative estimate of drug-likeness (QED) is 0.0343. The number of ether oxygens (including phenoxy) is 2. The summed E-state index contributed by atoms with van der Waals surface area (Å²) in [5, 5.41) is 11.6. The van der Waals surface area contributed by atoms with E-state index in [-0.39, 0.29) is 115 Å². The van der Waals surface area contributed by atoms with Gasteiger partial charge in [0.25, 0.3) is 0 Å². The average Bonchev–Trinajstić information content (AvgIpc) is 3.73. The first-order valence-corrected chi connectivity index (χ1v) is 27.6. The number of anilines is 1. The lowest BCUT2D eigenvalue weighted by molar-refractivity contribution is -0.143. The number of aryl methyl sites for hydroxylation is 4. The summed E-state index contributed by atoms with van der Waals surface area (Å²) in [6, 6.07) is 25.1. The number of carboxylic acids is 1. The van der Waals surface area contributed by atoms with Crippen LogP contribution in [0.3, 0.4) is 0 Å². The molecule has 0 bridgehead atoms. The second kappa shape index (κ2) is 33.9. The Labute approximate surface area is 489 Å². The van der Waals surface area contributed by atoms with Crippen molar-refractivity contribution in [1.82, 2.24) is 14.5 Å². The molecule has 2 aromatic heterocycles. The van der Waals surface area contributed by atoms with E-state index in [1.54, 1.807) is 44.2 Å². The van der Waals surface area contributed by atoms with Gasteiger partial charge in [0, 0.05) is 44.9 Å². The molecule has 6 aromatic rings. The van der Waals surface area contributed by atoms with Crippen LogP contribution in [0.25, 0.3) is 11.9 Å². The van der Waals surface area contributed by atoms with E-state index >= 15 is 0 Å². The van der Waals surface area contributed by atoms with Crippen molar-refractivity contribution in [1.29, 1.82) is 0 Å². The fraction of sp³-hybridized carbons (Fsp3) is 0.283. The van der Waals surface area contributed by atoms with Gasteiger partial charge in [-0.2, -0.15) is 52.7 Å². The molecule has 2 N–H and O–H groups in total. The lowest BCUT2D eigenvalue weighted by Gasteiger charge is -2.10. The number of esters is 2. The molecular formula is C53H48Cl2F12N4O7S4. The molecular weight excluding hydrogens is 1230 g/mol. The largest absolute Gasteiger partial charge is 0.481 e. The topological polar surface area (TPSA) is 150 Å². The number of amides is 1. The molecule has 1 amide bonds. The molecule has 4 aromatic carbocycles. The number of aliphatic carboxylic acids is 1. The highest BCUT2D eigenvalue weighted by atomic mass is 35.5. The van der Waals surface area contributed by atoms with Gasteiger partial charge in [0.2, 0.25) is 5.91 Å². The van der Waals surface area contributed by atoms with E-state index < -0.39 is 34.0 Å². The summed E-state index contributed by atoms with van der Waals surface area (Å²) in [6.45, 7) is 5.84. The standard InChI is InChI=1S/C19H15Cl2F3N4OS.C12H13F3O2S.C12H11F3O2S.C10H9F3O2S/c1-11-8-13(9-25-18(11)28-10-26-16(20)17(28)21)27-15(29)7-4-12-2-5-14(6-3-12)30-19(22,23)24;2*1-2-17-11(16)8-5-9-3-6-10(7-4-9)18-12(13,14)15;11-10(12,13)16-8-4-1-7(2-5-8)3-6-9(14)15/h2-3,5-6,8-10H,4,7H2,1H3,(H,27,29);3-4,6-7H,2,5,8H2,1H3;3-8H,2H2,1H3;1-2,4-5H,3,6H2,(H,14,15)/b;;8-5+;. The van der Waals surface area contributed by atoms with Crippen LogP contribution in [-0.2, 0) is 47.9 Å². The van der Waals surface area contributed by atoms with Gasteiger partial charge in [-0.3, -0.25) is 19.0 Å². The smallest absolute Gasteiger partial charge is 0.446 e. The van der Waals surface area contributed by atoms with Crippen LogP contribution in [0.15, 0.2) is 141 Å². The number of benzene rings is 4. The van der Waals surface area contributed by atoms with Gasteiger partial charge in [0.05, 0.1) is 25.1 Å². The summed E-state index contributed by atoms with van der Waals surface area (Å²) in [5.74, 6) is -1.40. The molecule has 0 aliphatic heterocycles. The number of nitrogens with one attached hydrogen (secondary N) is 1. The van der Waals surface area contributed by atoms with Crippen LogP contribution in [0.5, 0.6) is 0 Å². The van der Waals surface area contributed by atoms with Crippen molar-refractivity contribution in [2.45, 2.75) is 101 Å². The Balaban J connectivity index is 0.000000298. The van der Waals surface area contributed by atoms with Crippen LogP contribution in [0.4, 0.5) is 58.4 Å². The summed E-state index contributed by atoms with van der Waals surface area (Å²) in [4.78, 5) is 53.3. The third kappa shape index (κ3) is 30.3. The van der Waals surface area contributed by atoms with E-state index in [9.17, 15) is 71.9 Å². The first-order valence-electron chi connectivity index (χ1n) is 23.6. The number of pyridine rings is 1. The molecule has 11 nitrogen and oxygen atoms in total. The van der Waals surface area contributed by atoms with Crippen molar-refractivity contribution >= 4 is 106 Å². The molecule has 0 aliphatic carbocycles. The highest BCUT2D eigenvalue weighted by Gasteiger charge is 2.31. The number of rotatable bonds is 19. The van der Waals surface area contributed by atoms with Crippen molar-refractivity contribution in [3.63, 3.8) is 0 Å². The number of imidazole rings is 1. The molecule has 0 radical (unpaired) electrons. The van der Waals surface area contributed by atoms with Gasteiger partial charge in [-0.1, -0.05) is 71.7 Å². The van der Waals surface area contributed by atoms with E-state index in [0.717, 1.165) is 16.7 Å². The summed E-state index contributed by atoms with van der Waals surface area (Å²) < 4.78 is 156. The Bertz CT molecular complexity index is 3000. The number of hydrogen-bond acceptors (Lipinski definition) is 12. The molecule has 0 saturated heterocycles. The van der Waals surface area contributed by atoms with Crippen molar-refractivity contribution in [2.24, 2.45) is 0 Å². The molecule has 0 unspecified atom stereocenters. The van der Waals surface area contributed by atoms with E-state index in [4.69, 9.17) is 33.0 Å². The van der Waals surface area contributed by atoms with Crippen LogP contribution < -0.4 is 5.32 Å². The molecule has 0 atom stereocenters. The maximum absolute atomic E-state index is 12.4. The Morgan fingerprint density at radius 1 is 0.598 bits per heavy atom. The highest BCUT2D eigenvalue weighted by Crippen LogP contribution is 2.40. The maximum atomic E-state index is 12.4. The number of alkyl halides is 12. The molecule has 0 aliphatic rings. The predicted molar refractivity (Wildman–Crippen MR) is 293 cm³/mol. The normalized spacial score (nSPS) is 11.5. The number of aromatic nitrogens is 3. The number of carboxylic acid groups (broad SMARTS) is 1. The fourth-order valence-electron chi connectivity index (χ4n) is 6.27. The van der Waals surface area contributed by atoms with Crippen LogP contribution in [-0.4, -0.2) is 78.7 Å². The molecule has 444 valence electrons. The number of carbonyl (C=O) groups excluding carboxylic acids is 3. The molecule has 29 heteroatoms. The van der Waals surface area contributed by atoms with E-state index in [1.165, 1.54) is 102 Å². The number of hydrogen-bond donors (Lipinski definition) is 2. The summed E-state index contributed by atoms with van der Waals surface area (Å²) in [6.07, 6.45) is 7.25. The minimum atomic E-state index is -4.32. The fourth-order valence-corrected chi connectivity index (χ4v) is 8.73. The Morgan fingerprint density at radius 3 is 1.37 bits per heavy atom. The summed E-state index contributed by atoms with van der Waals surface area (Å²) >= 11 is 11.3. The molecule has 0 spiro atoms. The van der Waals surface area contributed by atoms with Crippen molar-refractivity contribution < 1.29 is 86.4 Å². The molecule has 82 heavy (non-hydrogen) atoms. The second-order valence-electron chi connectivity index (χ2n) is 16.1. The number of carbonyl (C=O) groups is 4. The third-order valence-corrected chi connectivity index (χ3v) is 13.4. The monoisotopic (exact) mass is 1280 g/mol. The Kier molecular flexibility index (Phi) is 29.1. The lowest BCUT2D eigenvalue weighted by atomic mass is 10.1. The molecule has 0 fully saturated rings. The predicted octanol–water partition coefficient (Wildman–Crippen LogP) is 17.1. The van der Waals surface area contributed by atoms with E-state index in [0.29, 0.717) is 48.5 Å². The highest BCUT2D eigenvalue weighted by molar-refractivity contribution is 8.00. The molecule has 2 heterocycles. The van der Waals surface area contributed by atoms with Gasteiger partial charge >= 0.3 is 39.9 Å². The SMILES string of the molecule is CCOC(=O)/C=C/c1ccc(SC(F)(F)F)cc1.CCOC(=O)CCc1ccc(SC(F)(F)F)cc1.Cc1cc(NC(=O)CCc2ccc(SC(F)(F)F)cc2)cnc1-n1cnc(Cl)c1Cl.O=C(O)CCc1ccc(SC(F)(F)F)cc1. The zero-order chi connectivity index (χ0) is 61.3. The lowest BCUT2D eigenvalue weighted by Crippen LogP contribution is -2.13. The summed E-state index contributed by atoms with van der Waals surface area (Å²) in [7, 11) is 0. The van der Waals surface area contributed by atoms with E-state index in [1.807, 2.05) is 6.92 Å². The zero-order valence-corrected chi connectivity index (χ0v) is 47.7. The Hall–Kier alpha value is -6.00. The van der Waals surface area contributed by atoms with Gasteiger partial charge in [0.1, 0.15) is 12.1 Å². The van der Waals surface area contributed by atoms with Crippen LogP contribution in [0.1, 0.15) is 60.9 Å². The first-order chi connectivity index (χ1) is 38.3. The zero-order valence-electron chi connectivity index (χ0n) is 42.9. The van der Waals surface area contributed by atoms with Gasteiger partial charge in [0.15, 0.2) is 10.3 Å². The van der Waals surface area contributed by atoms with Crippen LogP contribution in [0, 0.1) is 6.92 Å². The van der Waals surface area contributed by atoms with Crippen molar-refractivity contribution in [3.05, 3.63) is 160 Å². The minimum absolute atomic E-state index is 0.0221. The van der Waals surface area contributed by atoms with Crippen molar-refractivity contribution in [2.75, 3.05) is 18.5 Å². The average molecular weight is 1280 g/mol. The van der Waals surface area contributed by atoms with Gasteiger partial charge in [-0.05, 0) is 176 Å². The van der Waals surface area contributed by atoms with Gasteiger partial charge < -0.3 is 19.9 Å². The first kappa shape index (κ1) is 70.3. The van der Waals surface area contributed by atoms with E-state index in [2.05, 4.69) is 20.0 Å². The third-order valence-electron chi connectivity index (χ3n) is 9.71. The number of nitrogens with zero attached hydrogens (tertiary/aromatic N) is 3. The van der Waals surface area contributed by atoms with Gasteiger partial charge in [-0.25, -0.2) is 14.8 Å². The molecule has 0 saturated carbocycles. The minimum Gasteiger partial charge on any atom is -0.481 e. The van der Waals surface area contributed by atoms with Crippen molar-refractivity contribution in [3.8, 4) is 5.82 Å². The summed E-state index contributed by atoms with van der Waals surface area (Å²) in [5.41, 5.74) is -13.0. The van der Waals surface area contributed by atoms with Gasteiger partial charge in [-0.15, -0.1) is 0 Å². The second-order valence-corrected chi connectivity index (χ2v) is 21.4. The number of halogens is 14. The van der Waals surface area contributed by atoms with Crippen LogP contribution in [0.2, 0.25) is 10.3 Å². The van der Waals surface area contributed by atoms with Crippen LogP contribution >= 0.6 is 70.2 Å². The molecule has 6 rings (SSSR count).